The minimum absolute atomic E-state index is 0.279. The maximum atomic E-state index is 10.8. The Bertz CT molecular complexity index is 641. The zero-order chi connectivity index (χ0) is 14.0. The molecule has 1 aromatic carbocycles. The third-order valence-corrected chi connectivity index (χ3v) is 3.29. The van der Waals surface area contributed by atoms with E-state index in [1.165, 1.54) is 0 Å². The molecular formula is C14H15ClN2O2. The molecule has 19 heavy (non-hydrogen) atoms. The summed E-state index contributed by atoms with van der Waals surface area (Å²) in [4.78, 5) is 15.4. The molecule has 1 aromatic heterocycles. The Morgan fingerprint density at radius 1 is 1.47 bits per heavy atom. The fraction of sp³-hybridized carbons (Fsp3) is 0.286. The van der Waals surface area contributed by atoms with E-state index in [2.05, 4.69) is 4.98 Å². The van der Waals surface area contributed by atoms with E-state index in [0.29, 0.717) is 17.2 Å². The summed E-state index contributed by atoms with van der Waals surface area (Å²) in [7, 11) is 1.59. The topological polar surface area (TPSA) is 65.2 Å². The Morgan fingerprint density at radius 2 is 2.21 bits per heavy atom. The average molecular weight is 279 g/mol. The second kappa shape index (κ2) is 5.45. The third kappa shape index (κ3) is 2.79. The molecule has 0 saturated heterocycles. The van der Waals surface area contributed by atoms with Crippen molar-refractivity contribution >= 4 is 28.4 Å². The normalized spacial score (nSPS) is 10.7. The quantitative estimate of drug-likeness (QED) is 0.935. The number of ether oxygens (including phenoxy) is 1. The molecule has 0 spiro atoms. The van der Waals surface area contributed by atoms with Crippen LogP contribution in [0.2, 0.25) is 5.02 Å². The number of benzene rings is 1. The van der Waals surface area contributed by atoms with Gasteiger partial charge in [-0.15, -0.1) is 0 Å². The van der Waals surface area contributed by atoms with Crippen LogP contribution in [0.3, 0.4) is 0 Å². The molecule has 0 radical (unpaired) electrons. The lowest BCUT2D eigenvalue weighted by atomic mass is 10.1. The van der Waals surface area contributed by atoms with E-state index >= 15 is 0 Å². The molecule has 0 fully saturated rings. The number of rotatable bonds is 4. The largest absolute Gasteiger partial charge is 0.494 e. The van der Waals surface area contributed by atoms with Crippen LogP contribution >= 0.6 is 11.6 Å². The van der Waals surface area contributed by atoms with Crippen LogP contribution in [0, 0.1) is 6.92 Å². The Hall–Kier alpha value is -1.81. The first kappa shape index (κ1) is 13.6. The van der Waals surface area contributed by atoms with Gasteiger partial charge in [-0.1, -0.05) is 11.6 Å². The van der Waals surface area contributed by atoms with Crippen LogP contribution in [0.15, 0.2) is 18.2 Å². The zero-order valence-corrected chi connectivity index (χ0v) is 11.6. The van der Waals surface area contributed by atoms with Crippen LogP contribution in [0.4, 0.5) is 0 Å². The van der Waals surface area contributed by atoms with Crippen molar-refractivity contribution in [1.29, 1.82) is 0 Å². The van der Waals surface area contributed by atoms with Crippen molar-refractivity contribution in [3.8, 4) is 5.75 Å². The summed E-state index contributed by atoms with van der Waals surface area (Å²) in [6, 6.07) is 5.51. The molecule has 2 rings (SSSR count). The van der Waals surface area contributed by atoms with Crippen LogP contribution in [0.1, 0.15) is 17.7 Å². The first-order chi connectivity index (χ1) is 9.02. The molecule has 0 saturated carbocycles. The third-order valence-electron chi connectivity index (χ3n) is 2.97. The summed E-state index contributed by atoms with van der Waals surface area (Å²) in [6.45, 7) is 1.96. The first-order valence-corrected chi connectivity index (χ1v) is 6.31. The smallest absolute Gasteiger partial charge is 0.217 e. The molecule has 100 valence electrons. The van der Waals surface area contributed by atoms with Crippen molar-refractivity contribution < 1.29 is 9.53 Å². The molecule has 0 unspecified atom stereocenters. The van der Waals surface area contributed by atoms with Gasteiger partial charge in [0.2, 0.25) is 5.91 Å². The van der Waals surface area contributed by atoms with Gasteiger partial charge in [-0.2, -0.15) is 0 Å². The van der Waals surface area contributed by atoms with E-state index in [1.807, 2.05) is 13.0 Å². The highest BCUT2D eigenvalue weighted by atomic mass is 35.5. The number of hydrogen-bond donors (Lipinski definition) is 1. The number of pyridine rings is 1. The summed E-state index contributed by atoms with van der Waals surface area (Å²) in [6.07, 6.45) is 0.794. The predicted octanol–water partition coefficient (Wildman–Crippen LogP) is 2.62. The highest BCUT2D eigenvalue weighted by Crippen LogP contribution is 2.32. The van der Waals surface area contributed by atoms with Crippen molar-refractivity contribution in [2.45, 2.75) is 19.8 Å². The number of nitrogens with zero attached hydrogens (tertiary/aromatic N) is 1. The minimum atomic E-state index is -0.336. The second-order valence-corrected chi connectivity index (χ2v) is 4.78. The molecule has 0 aliphatic heterocycles. The monoisotopic (exact) mass is 278 g/mol. The summed E-state index contributed by atoms with van der Waals surface area (Å²) >= 11 is 6.20. The van der Waals surface area contributed by atoms with Crippen molar-refractivity contribution in [3.05, 3.63) is 34.5 Å². The molecule has 5 heteroatoms. The minimum Gasteiger partial charge on any atom is -0.494 e. The van der Waals surface area contributed by atoms with E-state index in [0.717, 1.165) is 22.2 Å². The molecule has 1 amide bonds. The van der Waals surface area contributed by atoms with E-state index in [1.54, 1.807) is 19.2 Å². The van der Waals surface area contributed by atoms with Crippen molar-refractivity contribution in [3.63, 3.8) is 0 Å². The molecule has 0 aliphatic carbocycles. The fourth-order valence-electron chi connectivity index (χ4n) is 2.08. The van der Waals surface area contributed by atoms with Gasteiger partial charge >= 0.3 is 0 Å². The van der Waals surface area contributed by atoms with Gasteiger partial charge in [0.15, 0.2) is 0 Å². The number of aryl methyl sites for hydroxylation is 2. The van der Waals surface area contributed by atoms with Crippen LogP contribution in [-0.4, -0.2) is 18.0 Å². The molecule has 0 aliphatic rings. The highest BCUT2D eigenvalue weighted by molar-refractivity contribution is 6.35. The number of nitrogens with two attached hydrogens (primary N) is 1. The highest BCUT2D eigenvalue weighted by Gasteiger charge is 2.11. The lowest BCUT2D eigenvalue weighted by molar-refractivity contribution is -0.118. The Kier molecular flexibility index (Phi) is 3.90. The fourth-order valence-corrected chi connectivity index (χ4v) is 2.38. The predicted molar refractivity (Wildman–Crippen MR) is 75.6 cm³/mol. The molecule has 2 aromatic rings. The Balaban J connectivity index is 2.57. The molecule has 4 nitrogen and oxygen atoms in total. The lowest BCUT2D eigenvalue weighted by Crippen LogP contribution is -2.11. The number of halogens is 1. The number of methoxy groups -OCH3 is 1. The first-order valence-electron chi connectivity index (χ1n) is 5.94. The second-order valence-electron chi connectivity index (χ2n) is 4.37. The van der Waals surface area contributed by atoms with Gasteiger partial charge in [0.1, 0.15) is 11.3 Å². The number of carbonyl (C=O) groups excluding carboxylic acids is 1. The summed E-state index contributed by atoms with van der Waals surface area (Å²) in [5.74, 6) is 0.334. The van der Waals surface area contributed by atoms with E-state index in [4.69, 9.17) is 22.1 Å². The SMILES string of the molecule is COc1ccc(Cl)c2c(C)cc(CCC(N)=O)nc12. The number of amides is 1. The number of hydrogen-bond acceptors (Lipinski definition) is 3. The van der Waals surface area contributed by atoms with Crippen molar-refractivity contribution in [1.82, 2.24) is 4.98 Å². The molecule has 2 N–H and O–H groups in total. The molecule has 1 heterocycles. The van der Waals surface area contributed by atoms with E-state index < -0.39 is 0 Å². The lowest BCUT2D eigenvalue weighted by Gasteiger charge is -2.10. The number of aromatic nitrogens is 1. The van der Waals surface area contributed by atoms with Gasteiger partial charge in [-0.25, -0.2) is 4.98 Å². The summed E-state index contributed by atoms with van der Waals surface area (Å²) in [5.41, 5.74) is 7.69. The maximum absolute atomic E-state index is 10.8. The summed E-state index contributed by atoms with van der Waals surface area (Å²) in [5, 5.41) is 1.52. The number of fused-ring (bicyclic) bond motifs is 1. The van der Waals surface area contributed by atoms with Gasteiger partial charge < -0.3 is 10.5 Å². The van der Waals surface area contributed by atoms with Gasteiger partial charge in [-0.3, -0.25) is 4.79 Å². The van der Waals surface area contributed by atoms with Crippen LogP contribution in [-0.2, 0) is 11.2 Å². The average Bonchev–Trinajstić information content (AvgIpc) is 2.36. The number of primary amides is 1. The molecular weight excluding hydrogens is 264 g/mol. The van der Waals surface area contributed by atoms with Gasteiger partial charge in [0.05, 0.1) is 12.1 Å². The van der Waals surface area contributed by atoms with Crippen molar-refractivity contribution in [2.75, 3.05) is 7.11 Å². The van der Waals surface area contributed by atoms with Crippen LogP contribution < -0.4 is 10.5 Å². The van der Waals surface area contributed by atoms with Gasteiger partial charge in [0.25, 0.3) is 0 Å². The van der Waals surface area contributed by atoms with Gasteiger partial charge in [0, 0.05) is 17.5 Å². The number of carbonyl (C=O) groups is 1. The van der Waals surface area contributed by atoms with Crippen LogP contribution in [0.5, 0.6) is 5.75 Å². The van der Waals surface area contributed by atoms with Crippen molar-refractivity contribution in [2.24, 2.45) is 5.73 Å². The van der Waals surface area contributed by atoms with Gasteiger partial charge in [-0.05, 0) is 37.1 Å². The maximum Gasteiger partial charge on any atom is 0.217 e. The van der Waals surface area contributed by atoms with Crippen LogP contribution in [0.25, 0.3) is 10.9 Å². The molecule has 0 atom stereocenters. The Labute approximate surface area is 116 Å². The standard InChI is InChI=1S/C14H15ClN2O2/c1-8-7-9(3-6-12(16)18)17-14-11(19-2)5-4-10(15)13(8)14/h4-5,7H,3,6H2,1-2H3,(H2,16,18). The summed E-state index contributed by atoms with van der Waals surface area (Å²) < 4.78 is 5.31. The Morgan fingerprint density at radius 3 is 2.84 bits per heavy atom. The van der Waals surface area contributed by atoms with E-state index in [9.17, 15) is 4.79 Å². The zero-order valence-electron chi connectivity index (χ0n) is 10.9. The van der Waals surface area contributed by atoms with E-state index in [-0.39, 0.29) is 12.3 Å². The molecule has 0 bridgehead atoms.